The van der Waals surface area contributed by atoms with Crippen LogP contribution in [0.25, 0.3) is 0 Å². The Balaban J connectivity index is 2.01. The molecule has 0 aliphatic heterocycles. The molecule has 3 rings (SSSR count). The van der Waals surface area contributed by atoms with Crippen molar-refractivity contribution in [3.63, 3.8) is 0 Å². The van der Waals surface area contributed by atoms with Crippen LogP contribution in [0.5, 0.6) is 0 Å². The number of rotatable bonds is 1. The molecule has 0 saturated carbocycles. The average Bonchev–Trinajstić information content (AvgIpc) is 2.40. The summed E-state index contributed by atoms with van der Waals surface area (Å²) in [6.07, 6.45) is 2.43. The van der Waals surface area contributed by atoms with E-state index in [1.54, 1.807) is 0 Å². The third kappa shape index (κ3) is 2.35. The Bertz CT molecular complexity index is 620. The lowest BCUT2D eigenvalue weighted by molar-refractivity contribution is 0.0216. The topological polar surface area (TPSA) is 20.2 Å². The monoisotopic (exact) mass is 316 g/mol. The van der Waals surface area contributed by atoms with E-state index in [1.165, 1.54) is 16.7 Å². The number of hydrogen-bond acceptors (Lipinski definition) is 1. The van der Waals surface area contributed by atoms with Crippen molar-refractivity contribution in [2.45, 2.75) is 31.8 Å². The molecule has 1 nitrogen and oxygen atoms in total. The second-order valence-corrected chi connectivity index (χ2v) is 6.35. The molecule has 1 unspecified atom stereocenters. The van der Waals surface area contributed by atoms with Crippen LogP contribution in [0.3, 0.4) is 0 Å². The van der Waals surface area contributed by atoms with Crippen molar-refractivity contribution in [2.75, 3.05) is 0 Å². The van der Waals surface area contributed by atoms with E-state index in [9.17, 15) is 5.11 Å². The van der Waals surface area contributed by atoms with Crippen LogP contribution in [0, 0.1) is 6.92 Å². The third-order valence-electron chi connectivity index (χ3n) is 4.11. The predicted octanol–water partition coefficient (Wildman–Crippen LogP) is 4.13. The molecule has 0 aromatic heterocycles. The zero-order valence-corrected chi connectivity index (χ0v) is 12.6. The highest BCUT2D eigenvalue weighted by Crippen LogP contribution is 2.38. The van der Waals surface area contributed by atoms with Gasteiger partial charge in [0, 0.05) is 10.9 Å². The van der Waals surface area contributed by atoms with E-state index in [-0.39, 0.29) is 0 Å². The van der Waals surface area contributed by atoms with Crippen molar-refractivity contribution in [2.24, 2.45) is 0 Å². The van der Waals surface area contributed by atoms with Crippen LogP contribution in [-0.2, 0) is 18.4 Å². The Kier molecular flexibility index (Phi) is 3.23. The second kappa shape index (κ2) is 4.77. The summed E-state index contributed by atoms with van der Waals surface area (Å²) in [6, 6.07) is 14.5. The first-order chi connectivity index (χ1) is 9.08. The maximum absolute atomic E-state index is 11.0. The fourth-order valence-electron chi connectivity index (χ4n) is 3.07. The maximum atomic E-state index is 11.0. The summed E-state index contributed by atoms with van der Waals surface area (Å²) in [7, 11) is 0. The van der Waals surface area contributed by atoms with E-state index in [4.69, 9.17) is 0 Å². The van der Waals surface area contributed by atoms with Crippen molar-refractivity contribution < 1.29 is 5.11 Å². The summed E-state index contributed by atoms with van der Waals surface area (Å²) in [5, 5.41) is 11.0. The Hall–Kier alpha value is -1.12. The van der Waals surface area contributed by atoms with Gasteiger partial charge in [-0.1, -0.05) is 46.3 Å². The Morgan fingerprint density at radius 2 is 1.89 bits per heavy atom. The van der Waals surface area contributed by atoms with Gasteiger partial charge < -0.3 is 5.11 Å². The number of halogens is 1. The van der Waals surface area contributed by atoms with E-state index in [0.717, 1.165) is 22.9 Å². The number of benzene rings is 2. The lowest BCUT2D eigenvalue weighted by atomic mass is 9.75. The molecule has 2 aromatic rings. The van der Waals surface area contributed by atoms with Gasteiger partial charge in [-0.05, 0) is 54.2 Å². The van der Waals surface area contributed by atoms with Crippen LogP contribution >= 0.6 is 15.9 Å². The second-order valence-electron chi connectivity index (χ2n) is 5.44. The SMILES string of the molecule is Cc1ccccc1C1(O)CCc2cc(Br)ccc2C1. The van der Waals surface area contributed by atoms with Gasteiger partial charge in [0.15, 0.2) is 0 Å². The van der Waals surface area contributed by atoms with Crippen LogP contribution in [0.15, 0.2) is 46.9 Å². The molecule has 2 heteroatoms. The van der Waals surface area contributed by atoms with E-state index in [0.29, 0.717) is 6.42 Å². The van der Waals surface area contributed by atoms with Gasteiger partial charge in [0.05, 0.1) is 5.60 Å². The van der Waals surface area contributed by atoms with Crippen LogP contribution in [0.4, 0.5) is 0 Å². The predicted molar refractivity (Wildman–Crippen MR) is 81.2 cm³/mol. The summed E-state index contributed by atoms with van der Waals surface area (Å²) in [4.78, 5) is 0. The molecule has 0 amide bonds. The fourth-order valence-corrected chi connectivity index (χ4v) is 3.48. The quantitative estimate of drug-likeness (QED) is 0.838. The van der Waals surface area contributed by atoms with E-state index < -0.39 is 5.60 Å². The first kappa shape index (κ1) is 12.9. The molecule has 1 aliphatic rings. The van der Waals surface area contributed by atoms with E-state index in [2.05, 4.69) is 53.2 Å². The fraction of sp³-hybridized carbons (Fsp3) is 0.294. The van der Waals surface area contributed by atoms with Gasteiger partial charge in [0.2, 0.25) is 0 Å². The van der Waals surface area contributed by atoms with Gasteiger partial charge in [0.25, 0.3) is 0 Å². The molecule has 19 heavy (non-hydrogen) atoms. The van der Waals surface area contributed by atoms with Gasteiger partial charge in [-0.15, -0.1) is 0 Å². The molecular formula is C17H17BrO. The molecule has 0 spiro atoms. The maximum Gasteiger partial charge on any atom is 0.0942 e. The zero-order valence-electron chi connectivity index (χ0n) is 11.0. The first-order valence-electron chi connectivity index (χ1n) is 6.64. The molecule has 0 saturated heterocycles. The smallest absolute Gasteiger partial charge is 0.0942 e. The summed E-state index contributed by atoms with van der Waals surface area (Å²) in [6.45, 7) is 2.07. The minimum absolute atomic E-state index is 0.709. The van der Waals surface area contributed by atoms with Gasteiger partial charge in [0.1, 0.15) is 0 Å². The molecule has 0 bridgehead atoms. The molecule has 2 aromatic carbocycles. The summed E-state index contributed by atoms with van der Waals surface area (Å²) < 4.78 is 1.12. The summed E-state index contributed by atoms with van der Waals surface area (Å²) in [5.74, 6) is 0. The zero-order chi connectivity index (χ0) is 13.5. The summed E-state index contributed by atoms with van der Waals surface area (Å²) >= 11 is 3.51. The lowest BCUT2D eigenvalue weighted by Crippen LogP contribution is -2.33. The third-order valence-corrected chi connectivity index (χ3v) is 4.60. The number of aliphatic hydroxyl groups is 1. The van der Waals surface area contributed by atoms with Gasteiger partial charge in [-0.2, -0.15) is 0 Å². The highest BCUT2D eigenvalue weighted by molar-refractivity contribution is 9.10. The Labute approximate surface area is 122 Å². The highest BCUT2D eigenvalue weighted by Gasteiger charge is 2.34. The van der Waals surface area contributed by atoms with Crippen LogP contribution in [0.2, 0.25) is 0 Å². The summed E-state index contributed by atoms with van der Waals surface area (Å²) in [5.41, 5.74) is 4.15. The average molecular weight is 317 g/mol. The van der Waals surface area contributed by atoms with Gasteiger partial charge in [-0.3, -0.25) is 0 Å². The minimum atomic E-state index is -0.716. The number of aryl methyl sites for hydroxylation is 2. The van der Waals surface area contributed by atoms with E-state index >= 15 is 0 Å². The van der Waals surface area contributed by atoms with Crippen LogP contribution in [-0.4, -0.2) is 5.11 Å². The van der Waals surface area contributed by atoms with E-state index in [1.807, 2.05) is 12.1 Å². The molecule has 1 N–H and O–H groups in total. The molecule has 1 atom stereocenters. The largest absolute Gasteiger partial charge is 0.385 e. The molecule has 0 fully saturated rings. The van der Waals surface area contributed by atoms with Gasteiger partial charge in [-0.25, -0.2) is 0 Å². The Morgan fingerprint density at radius 3 is 2.68 bits per heavy atom. The number of fused-ring (bicyclic) bond motifs is 1. The van der Waals surface area contributed by atoms with Crippen LogP contribution < -0.4 is 0 Å². The molecule has 0 radical (unpaired) electrons. The molecular weight excluding hydrogens is 300 g/mol. The van der Waals surface area contributed by atoms with Crippen molar-refractivity contribution in [1.82, 2.24) is 0 Å². The van der Waals surface area contributed by atoms with Crippen molar-refractivity contribution in [3.05, 3.63) is 69.2 Å². The van der Waals surface area contributed by atoms with Crippen molar-refractivity contribution in [3.8, 4) is 0 Å². The first-order valence-corrected chi connectivity index (χ1v) is 7.44. The van der Waals surface area contributed by atoms with Gasteiger partial charge >= 0.3 is 0 Å². The lowest BCUT2D eigenvalue weighted by Gasteiger charge is -2.35. The molecule has 98 valence electrons. The highest BCUT2D eigenvalue weighted by atomic mass is 79.9. The molecule has 1 aliphatic carbocycles. The normalized spacial score (nSPS) is 22.1. The Morgan fingerprint density at radius 1 is 1.11 bits per heavy atom. The number of hydrogen-bond donors (Lipinski definition) is 1. The van der Waals surface area contributed by atoms with Crippen molar-refractivity contribution in [1.29, 1.82) is 0 Å². The van der Waals surface area contributed by atoms with Crippen LogP contribution in [0.1, 0.15) is 28.7 Å². The molecule has 0 heterocycles. The standard InChI is InChI=1S/C17H17BrO/c1-12-4-2-3-5-16(12)17(19)9-8-13-10-15(18)7-6-14(13)11-17/h2-7,10,19H,8-9,11H2,1H3. The minimum Gasteiger partial charge on any atom is -0.385 e. The van der Waals surface area contributed by atoms with Crippen molar-refractivity contribution >= 4 is 15.9 Å².